The van der Waals surface area contributed by atoms with Crippen molar-refractivity contribution in [3.05, 3.63) is 17.7 Å². The van der Waals surface area contributed by atoms with Gasteiger partial charge in [-0.15, -0.1) is 0 Å². The van der Waals surface area contributed by atoms with Crippen LogP contribution >= 0.6 is 0 Å². The molecule has 1 aromatic rings. The smallest absolute Gasteiger partial charge is 0.274 e. The van der Waals surface area contributed by atoms with E-state index in [0.717, 1.165) is 0 Å². The Balaban J connectivity index is 3.15. The summed E-state index contributed by atoms with van der Waals surface area (Å²) in [6.07, 6.45) is 1.52. The Morgan fingerprint density at radius 3 is 2.44 bits per heavy atom. The highest BCUT2D eigenvalue weighted by Crippen LogP contribution is 2.16. The van der Waals surface area contributed by atoms with Gasteiger partial charge in [-0.2, -0.15) is 0 Å². The van der Waals surface area contributed by atoms with E-state index in [-0.39, 0.29) is 17.9 Å². The van der Waals surface area contributed by atoms with Gasteiger partial charge in [-0.1, -0.05) is 13.8 Å². The minimum absolute atomic E-state index is 0.124. The van der Waals surface area contributed by atoms with E-state index in [1.807, 2.05) is 34.6 Å². The molecule has 1 amide bonds. The summed E-state index contributed by atoms with van der Waals surface area (Å²) in [4.78, 5) is 22.5. The first-order valence-electron chi connectivity index (χ1n) is 6.31. The number of hydrogen-bond acceptors (Lipinski definition) is 4. The number of nitrogen functional groups attached to an aromatic ring is 1. The minimum atomic E-state index is -0.130. The normalized spacial score (nSPS) is 11.1. The molecular weight excluding hydrogens is 228 g/mol. The van der Waals surface area contributed by atoms with Gasteiger partial charge in [-0.3, -0.25) is 4.79 Å². The van der Waals surface area contributed by atoms with Crippen LogP contribution in [-0.2, 0) is 0 Å². The van der Waals surface area contributed by atoms with Crippen LogP contribution in [0.4, 0.5) is 5.69 Å². The molecule has 0 spiro atoms. The number of hydrogen-bond donors (Lipinski definition) is 1. The van der Waals surface area contributed by atoms with Gasteiger partial charge < -0.3 is 10.6 Å². The Morgan fingerprint density at radius 2 is 2.00 bits per heavy atom. The molecule has 0 aliphatic heterocycles. The van der Waals surface area contributed by atoms with E-state index in [0.29, 0.717) is 23.8 Å². The number of aromatic nitrogens is 2. The Labute approximate surface area is 108 Å². The first-order chi connectivity index (χ1) is 8.38. The SMILES string of the molecule is CCN(C(=O)c1nc(C(C)C)ncc1N)C(C)C. The summed E-state index contributed by atoms with van der Waals surface area (Å²) >= 11 is 0. The second-order valence-electron chi connectivity index (χ2n) is 4.87. The van der Waals surface area contributed by atoms with Gasteiger partial charge >= 0.3 is 0 Å². The zero-order valence-corrected chi connectivity index (χ0v) is 11.8. The van der Waals surface area contributed by atoms with Gasteiger partial charge in [0.1, 0.15) is 5.82 Å². The Hall–Kier alpha value is -1.65. The van der Waals surface area contributed by atoms with Gasteiger partial charge in [-0.05, 0) is 20.8 Å². The van der Waals surface area contributed by atoms with E-state index in [2.05, 4.69) is 9.97 Å². The van der Waals surface area contributed by atoms with E-state index in [1.54, 1.807) is 4.90 Å². The van der Waals surface area contributed by atoms with E-state index in [9.17, 15) is 4.79 Å². The number of rotatable bonds is 4. The summed E-state index contributed by atoms with van der Waals surface area (Å²) in [5.41, 5.74) is 6.46. The fraction of sp³-hybridized carbons (Fsp3) is 0.615. The number of carbonyl (C=O) groups excluding carboxylic acids is 1. The number of carbonyl (C=O) groups is 1. The highest BCUT2D eigenvalue weighted by atomic mass is 16.2. The van der Waals surface area contributed by atoms with Crippen molar-refractivity contribution >= 4 is 11.6 Å². The van der Waals surface area contributed by atoms with Crippen molar-refractivity contribution in [1.29, 1.82) is 0 Å². The monoisotopic (exact) mass is 250 g/mol. The van der Waals surface area contributed by atoms with Crippen molar-refractivity contribution in [2.45, 2.75) is 46.6 Å². The molecule has 2 N–H and O–H groups in total. The zero-order chi connectivity index (χ0) is 13.9. The fourth-order valence-corrected chi connectivity index (χ4v) is 1.73. The number of anilines is 1. The predicted octanol–water partition coefficient (Wildman–Crippen LogP) is 2.05. The van der Waals surface area contributed by atoms with Gasteiger partial charge in [0, 0.05) is 18.5 Å². The molecule has 1 heterocycles. The minimum Gasteiger partial charge on any atom is -0.396 e. The molecule has 0 aliphatic carbocycles. The summed E-state index contributed by atoms with van der Waals surface area (Å²) in [6, 6.07) is 0.124. The van der Waals surface area contributed by atoms with Crippen molar-refractivity contribution in [2.24, 2.45) is 0 Å². The Kier molecular flexibility index (Phi) is 4.64. The van der Waals surface area contributed by atoms with Crippen molar-refractivity contribution in [2.75, 3.05) is 12.3 Å². The van der Waals surface area contributed by atoms with Crippen LogP contribution in [0.3, 0.4) is 0 Å². The topological polar surface area (TPSA) is 72.1 Å². The van der Waals surface area contributed by atoms with E-state index >= 15 is 0 Å². The molecule has 100 valence electrons. The lowest BCUT2D eigenvalue weighted by Crippen LogP contribution is -2.37. The van der Waals surface area contributed by atoms with Crippen LogP contribution in [0.25, 0.3) is 0 Å². The van der Waals surface area contributed by atoms with Gasteiger partial charge in [0.15, 0.2) is 5.69 Å². The average molecular weight is 250 g/mol. The quantitative estimate of drug-likeness (QED) is 0.887. The Bertz CT molecular complexity index is 429. The molecule has 1 aromatic heterocycles. The molecule has 0 aliphatic rings. The highest BCUT2D eigenvalue weighted by molar-refractivity contribution is 5.97. The molecule has 0 bridgehead atoms. The summed E-state index contributed by atoms with van der Waals surface area (Å²) in [5.74, 6) is 0.688. The molecule has 0 saturated heterocycles. The predicted molar refractivity (Wildman–Crippen MR) is 72.4 cm³/mol. The average Bonchev–Trinajstić information content (AvgIpc) is 2.29. The van der Waals surface area contributed by atoms with E-state index < -0.39 is 0 Å². The molecule has 18 heavy (non-hydrogen) atoms. The molecule has 5 heteroatoms. The third kappa shape index (κ3) is 2.97. The largest absolute Gasteiger partial charge is 0.396 e. The van der Waals surface area contributed by atoms with Gasteiger partial charge in [0.05, 0.1) is 11.9 Å². The second kappa shape index (κ2) is 5.80. The number of nitrogens with two attached hydrogens (primary N) is 1. The van der Waals surface area contributed by atoms with Crippen molar-refractivity contribution in [3.63, 3.8) is 0 Å². The van der Waals surface area contributed by atoms with E-state index in [1.165, 1.54) is 6.20 Å². The standard InChI is InChI=1S/C13H22N4O/c1-6-17(9(4)5)13(18)11-10(14)7-15-12(16-11)8(2)3/h7-9H,6,14H2,1-5H3. The summed E-state index contributed by atoms with van der Waals surface area (Å²) in [7, 11) is 0. The van der Waals surface area contributed by atoms with Gasteiger partial charge in [-0.25, -0.2) is 9.97 Å². The van der Waals surface area contributed by atoms with Crippen LogP contribution in [0.5, 0.6) is 0 Å². The van der Waals surface area contributed by atoms with Crippen LogP contribution in [0, 0.1) is 0 Å². The Morgan fingerprint density at radius 1 is 1.39 bits per heavy atom. The van der Waals surface area contributed by atoms with Crippen LogP contribution in [0.15, 0.2) is 6.20 Å². The maximum atomic E-state index is 12.4. The van der Waals surface area contributed by atoms with Crippen molar-refractivity contribution in [3.8, 4) is 0 Å². The van der Waals surface area contributed by atoms with Gasteiger partial charge in [0.2, 0.25) is 0 Å². The molecule has 0 unspecified atom stereocenters. The lowest BCUT2D eigenvalue weighted by atomic mass is 10.2. The maximum absolute atomic E-state index is 12.4. The van der Waals surface area contributed by atoms with Crippen molar-refractivity contribution in [1.82, 2.24) is 14.9 Å². The third-order valence-corrected chi connectivity index (χ3v) is 2.78. The molecule has 1 rings (SSSR count). The summed E-state index contributed by atoms with van der Waals surface area (Å²) in [6.45, 7) is 10.5. The molecule has 0 aromatic carbocycles. The lowest BCUT2D eigenvalue weighted by molar-refractivity contribution is 0.0711. The summed E-state index contributed by atoms with van der Waals surface area (Å²) < 4.78 is 0. The van der Waals surface area contributed by atoms with Crippen molar-refractivity contribution < 1.29 is 4.79 Å². The molecule has 5 nitrogen and oxygen atoms in total. The molecule has 0 radical (unpaired) electrons. The molecule has 0 fully saturated rings. The highest BCUT2D eigenvalue weighted by Gasteiger charge is 2.21. The summed E-state index contributed by atoms with van der Waals surface area (Å²) in [5, 5.41) is 0. The van der Waals surface area contributed by atoms with E-state index in [4.69, 9.17) is 5.73 Å². The second-order valence-corrected chi connectivity index (χ2v) is 4.87. The maximum Gasteiger partial charge on any atom is 0.274 e. The van der Waals surface area contributed by atoms with Crippen LogP contribution in [0.1, 0.15) is 56.8 Å². The van der Waals surface area contributed by atoms with Crippen LogP contribution in [-0.4, -0.2) is 33.4 Å². The molecular formula is C13H22N4O. The first-order valence-corrected chi connectivity index (χ1v) is 6.31. The van der Waals surface area contributed by atoms with Crippen LogP contribution < -0.4 is 5.73 Å². The molecule has 0 atom stereocenters. The molecule has 0 saturated carbocycles. The lowest BCUT2D eigenvalue weighted by Gasteiger charge is -2.25. The third-order valence-electron chi connectivity index (χ3n) is 2.78. The van der Waals surface area contributed by atoms with Crippen LogP contribution in [0.2, 0.25) is 0 Å². The fourth-order valence-electron chi connectivity index (χ4n) is 1.73. The van der Waals surface area contributed by atoms with Gasteiger partial charge in [0.25, 0.3) is 5.91 Å². The number of nitrogens with zero attached hydrogens (tertiary/aromatic N) is 3. The zero-order valence-electron chi connectivity index (χ0n) is 11.8. The number of amides is 1. The first kappa shape index (κ1) is 14.4.